The summed E-state index contributed by atoms with van der Waals surface area (Å²) in [6, 6.07) is 17.5. The molecule has 0 radical (unpaired) electrons. The predicted octanol–water partition coefficient (Wildman–Crippen LogP) is 6.34. The average molecular weight is 481 g/mol. The molecule has 0 saturated carbocycles. The van der Waals surface area contributed by atoms with E-state index in [-0.39, 0.29) is 5.69 Å². The number of nitro groups is 1. The topological polar surface area (TPSA) is 76.4 Å². The summed E-state index contributed by atoms with van der Waals surface area (Å²) in [6.07, 6.45) is 0. The lowest BCUT2D eigenvalue weighted by Gasteiger charge is -2.14. The summed E-state index contributed by atoms with van der Waals surface area (Å²) in [7, 11) is 0. The van der Waals surface area contributed by atoms with Crippen LogP contribution in [0.15, 0.2) is 60.7 Å². The molecule has 0 unspecified atom stereocenters. The maximum absolute atomic E-state index is 10.8. The zero-order chi connectivity index (χ0) is 22.2. The van der Waals surface area contributed by atoms with Crippen molar-refractivity contribution in [3.8, 4) is 5.75 Å². The van der Waals surface area contributed by atoms with Gasteiger partial charge in [0.15, 0.2) is 0 Å². The van der Waals surface area contributed by atoms with E-state index in [2.05, 4.69) is 10.6 Å². The maximum atomic E-state index is 10.8. The Morgan fingerprint density at radius 1 is 0.903 bits per heavy atom. The van der Waals surface area contributed by atoms with Crippen molar-refractivity contribution in [2.24, 2.45) is 0 Å². The van der Waals surface area contributed by atoms with E-state index >= 15 is 0 Å². The predicted molar refractivity (Wildman–Crippen MR) is 126 cm³/mol. The summed E-state index contributed by atoms with van der Waals surface area (Å²) in [4.78, 5) is 10.3. The smallest absolute Gasteiger partial charge is 0.271 e. The Bertz CT molecular complexity index is 1060. The number of ether oxygens (including phenoxy) is 1. The van der Waals surface area contributed by atoms with Crippen molar-refractivity contribution in [3.63, 3.8) is 0 Å². The largest absolute Gasteiger partial charge is 0.489 e. The van der Waals surface area contributed by atoms with Crippen molar-refractivity contribution >= 4 is 46.2 Å². The number of nitrogens with one attached hydrogen (secondary N) is 2. The molecule has 6 nitrogen and oxygen atoms in total. The first kappa shape index (κ1) is 23.2. The molecule has 0 bridgehead atoms. The SMILES string of the molecule is O=[N+]([O-])c1ccc(NCCNCc2ccccc2OCc2ccc(Cl)cc2Cl)c(Cl)c1. The minimum atomic E-state index is -0.475. The van der Waals surface area contributed by atoms with Gasteiger partial charge in [-0.05, 0) is 24.3 Å². The fourth-order valence-corrected chi connectivity index (χ4v) is 3.56. The van der Waals surface area contributed by atoms with E-state index in [9.17, 15) is 10.1 Å². The monoisotopic (exact) mass is 479 g/mol. The molecular weight excluding hydrogens is 461 g/mol. The quantitative estimate of drug-likeness (QED) is 0.201. The zero-order valence-corrected chi connectivity index (χ0v) is 18.7. The van der Waals surface area contributed by atoms with Crippen LogP contribution < -0.4 is 15.4 Å². The van der Waals surface area contributed by atoms with Crippen LogP contribution in [0.1, 0.15) is 11.1 Å². The third-order valence-corrected chi connectivity index (χ3v) is 5.37. The Balaban J connectivity index is 1.48. The Morgan fingerprint density at radius 2 is 1.71 bits per heavy atom. The number of hydrogen-bond acceptors (Lipinski definition) is 5. The molecule has 0 aliphatic carbocycles. The van der Waals surface area contributed by atoms with Crippen LogP contribution in [-0.2, 0) is 13.2 Å². The van der Waals surface area contributed by atoms with Gasteiger partial charge in [-0.1, -0.05) is 59.1 Å². The van der Waals surface area contributed by atoms with Gasteiger partial charge in [0.25, 0.3) is 5.69 Å². The van der Waals surface area contributed by atoms with Crippen LogP contribution in [0.5, 0.6) is 5.75 Å². The second kappa shape index (κ2) is 11.2. The van der Waals surface area contributed by atoms with Gasteiger partial charge in [0.2, 0.25) is 0 Å². The third kappa shape index (κ3) is 6.74. The van der Waals surface area contributed by atoms with Gasteiger partial charge in [-0.3, -0.25) is 10.1 Å². The van der Waals surface area contributed by atoms with Crippen molar-refractivity contribution < 1.29 is 9.66 Å². The zero-order valence-electron chi connectivity index (χ0n) is 16.4. The van der Waals surface area contributed by atoms with Crippen molar-refractivity contribution in [2.45, 2.75) is 13.2 Å². The van der Waals surface area contributed by atoms with E-state index in [1.807, 2.05) is 30.3 Å². The number of anilines is 1. The molecule has 0 amide bonds. The third-order valence-electron chi connectivity index (χ3n) is 4.47. The number of halogens is 3. The first-order valence-electron chi connectivity index (χ1n) is 9.47. The second-order valence-corrected chi connectivity index (χ2v) is 7.91. The molecule has 0 aromatic heterocycles. The highest BCUT2D eigenvalue weighted by atomic mass is 35.5. The van der Waals surface area contributed by atoms with Crippen molar-refractivity contribution in [1.82, 2.24) is 5.32 Å². The Labute approximate surface area is 195 Å². The van der Waals surface area contributed by atoms with Crippen LogP contribution >= 0.6 is 34.8 Å². The van der Waals surface area contributed by atoms with Crippen LogP contribution in [0.25, 0.3) is 0 Å². The molecule has 0 aliphatic heterocycles. The lowest BCUT2D eigenvalue weighted by Crippen LogP contribution is -2.22. The molecule has 0 aliphatic rings. The Hall–Kier alpha value is -2.51. The summed E-state index contributed by atoms with van der Waals surface area (Å²) in [6.45, 7) is 2.21. The van der Waals surface area contributed by atoms with Gasteiger partial charge in [0, 0.05) is 52.9 Å². The van der Waals surface area contributed by atoms with Crippen LogP contribution in [0.2, 0.25) is 15.1 Å². The first-order chi connectivity index (χ1) is 14.9. The second-order valence-electron chi connectivity index (χ2n) is 6.66. The van der Waals surface area contributed by atoms with Crippen LogP contribution in [-0.4, -0.2) is 18.0 Å². The molecule has 3 aromatic carbocycles. The minimum absolute atomic E-state index is 0.0369. The van der Waals surface area contributed by atoms with Gasteiger partial charge in [-0.25, -0.2) is 0 Å². The fourth-order valence-electron chi connectivity index (χ4n) is 2.85. The number of nitro benzene ring substituents is 1. The highest BCUT2D eigenvalue weighted by Crippen LogP contribution is 2.27. The summed E-state index contributed by atoms with van der Waals surface area (Å²) in [5.74, 6) is 0.771. The van der Waals surface area contributed by atoms with Crippen molar-refractivity contribution in [2.75, 3.05) is 18.4 Å². The molecule has 0 fully saturated rings. The molecular formula is C22H20Cl3N3O3. The standard InChI is InChI=1S/C22H20Cl3N3O3/c23-17-6-5-16(19(24)11-17)14-31-22-4-2-1-3-15(22)13-26-9-10-27-21-8-7-18(28(29)30)12-20(21)25/h1-8,11-12,26-27H,9-10,13-14H2. The number of para-hydroxylation sites is 1. The van der Waals surface area contributed by atoms with Gasteiger partial charge >= 0.3 is 0 Å². The molecule has 31 heavy (non-hydrogen) atoms. The van der Waals surface area contributed by atoms with Gasteiger partial charge in [-0.15, -0.1) is 0 Å². The van der Waals surface area contributed by atoms with Gasteiger partial charge in [0.05, 0.1) is 15.6 Å². The number of rotatable bonds is 10. The summed E-state index contributed by atoms with van der Waals surface area (Å²) >= 11 is 18.2. The highest BCUT2D eigenvalue weighted by Gasteiger charge is 2.09. The summed E-state index contributed by atoms with van der Waals surface area (Å²) in [5, 5.41) is 18.7. The molecule has 3 aromatic rings. The molecule has 3 rings (SSSR count). The Morgan fingerprint density at radius 3 is 2.45 bits per heavy atom. The molecule has 2 N–H and O–H groups in total. The van der Waals surface area contributed by atoms with E-state index in [1.54, 1.807) is 18.2 Å². The maximum Gasteiger partial charge on any atom is 0.271 e. The number of nitrogens with zero attached hydrogens (tertiary/aromatic N) is 1. The molecule has 9 heteroatoms. The number of hydrogen-bond donors (Lipinski definition) is 2. The van der Waals surface area contributed by atoms with Crippen LogP contribution in [0.3, 0.4) is 0 Å². The van der Waals surface area contributed by atoms with Crippen molar-refractivity contribution in [3.05, 3.63) is 97.0 Å². The van der Waals surface area contributed by atoms with E-state index in [1.165, 1.54) is 12.1 Å². The molecule has 162 valence electrons. The van der Waals surface area contributed by atoms with E-state index < -0.39 is 4.92 Å². The Kier molecular flexibility index (Phi) is 8.37. The fraction of sp³-hybridized carbons (Fsp3) is 0.182. The molecule has 0 atom stereocenters. The lowest BCUT2D eigenvalue weighted by atomic mass is 10.2. The lowest BCUT2D eigenvalue weighted by molar-refractivity contribution is -0.384. The highest BCUT2D eigenvalue weighted by molar-refractivity contribution is 6.35. The van der Waals surface area contributed by atoms with E-state index in [0.29, 0.717) is 47.0 Å². The van der Waals surface area contributed by atoms with Crippen LogP contribution in [0.4, 0.5) is 11.4 Å². The normalized spacial score (nSPS) is 10.7. The summed E-state index contributed by atoms with van der Waals surface area (Å²) < 4.78 is 5.96. The van der Waals surface area contributed by atoms with Gasteiger partial charge < -0.3 is 15.4 Å². The summed E-state index contributed by atoms with van der Waals surface area (Å²) in [5.41, 5.74) is 2.49. The van der Waals surface area contributed by atoms with Gasteiger partial charge in [-0.2, -0.15) is 0 Å². The number of benzene rings is 3. The minimum Gasteiger partial charge on any atom is -0.489 e. The molecule has 0 spiro atoms. The van der Waals surface area contributed by atoms with E-state index in [4.69, 9.17) is 39.5 Å². The van der Waals surface area contributed by atoms with Crippen molar-refractivity contribution in [1.29, 1.82) is 0 Å². The molecule has 0 saturated heterocycles. The van der Waals surface area contributed by atoms with Gasteiger partial charge in [0.1, 0.15) is 12.4 Å². The first-order valence-corrected chi connectivity index (χ1v) is 10.6. The molecule has 0 heterocycles. The van der Waals surface area contributed by atoms with E-state index in [0.717, 1.165) is 16.9 Å². The average Bonchev–Trinajstić information content (AvgIpc) is 2.74. The number of non-ortho nitro benzene ring substituents is 1. The van der Waals surface area contributed by atoms with Crippen LogP contribution in [0, 0.1) is 10.1 Å².